The number of carbonyl (C=O) groups excluding carboxylic acids is 6. The second-order valence-electron chi connectivity index (χ2n) is 10.4. The minimum atomic E-state index is -2.30. The Morgan fingerprint density at radius 3 is 1.79 bits per heavy atom. The largest absolute Gasteiger partial charge is 0.466 e. The smallest absolute Gasteiger partial charge is 0.303 e. The molecule has 0 heterocycles. The molecule has 0 fully saturated rings. The number of hydrogen-bond donors (Lipinski definition) is 5. The Hall–Kier alpha value is -2.87. The molecule has 0 saturated heterocycles. The quantitative estimate of drug-likeness (QED) is 0.0367. The average Bonchev–Trinajstić information content (AvgIpc) is 2.94. The Kier molecular flexibility index (Phi) is 22.8. The van der Waals surface area contributed by atoms with Crippen molar-refractivity contribution in [3.05, 3.63) is 0 Å². The van der Waals surface area contributed by atoms with Crippen LogP contribution in [0.3, 0.4) is 0 Å². The highest BCUT2D eigenvalue weighted by atomic mass is 32.2. The summed E-state index contributed by atoms with van der Waals surface area (Å²) in [7, 11) is 0. The highest BCUT2D eigenvalue weighted by Crippen LogP contribution is 2.24. The van der Waals surface area contributed by atoms with E-state index in [4.69, 9.17) is 28.4 Å². The van der Waals surface area contributed by atoms with Crippen LogP contribution in [-0.4, -0.2) is 130 Å². The van der Waals surface area contributed by atoms with Crippen molar-refractivity contribution in [3.63, 3.8) is 0 Å². The fraction of sp³-hybridized carbons (Fsp3) is 0.793. The third-order valence-corrected chi connectivity index (χ3v) is 7.01. The Labute approximate surface area is 277 Å². The molecule has 0 aromatic heterocycles. The van der Waals surface area contributed by atoms with Gasteiger partial charge in [-0.15, -0.1) is 0 Å². The first-order valence-corrected chi connectivity index (χ1v) is 16.0. The van der Waals surface area contributed by atoms with Crippen LogP contribution < -0.4 is 5.32 Å². The van der Waals surface area contributed by atoms with E-state index >= 15 is 0 Å². The summed E-state index contributed by atoms with van der Waals surface area (Å²) in [5.74, 6) is -3.60. The number of aliphatic hydroxyl groups is 4. The van der Waals surface area contributed by atoms with Gasteiger partial charge in [0.05, 0.1) is 12.7 Å². The first kappa shape index (κ1) is 44.1. The SMILES string of the molecule is CC(=O)N[C@@H](C(O[C@H](O)[C@@H](OC(C)=O)C(OC(C)=O)[C@H](CCOC(C)=O)OC(C)=O)[C@@H](O)CCO)[C@@H](O)OCCCCCSC(C)=O. The molecule has 0 spiro atoms. The standard InChI is InChI=1S/C29H49NO16S/c1-16(32)30-24(28(39)42-13-8-7-9-15-47-21(6)37)25(22(38)10-12-31)46-29(40)27(45-20(5)36)26(44-19(4)35)23(43-18(3)34)11-14-41-17(2)33/h22-29,31,38-40H,7-15H2,1-6H3,(H,30,32)/t22-,23-,24-,25?,26?,27-,28-,29-/m0/s1. The molecule has 0 aliphatic carbocycles. The van der Waals surface area contributed by atoms with Gasteiger partial charge in [-0.05, 0) is 19.3 Å². The molecule has 0 bridgehead atoms. The van der Waals surface area contributed by atoms with Gasteiger partial charge >= 0.3 is 23.9 Å². The second-order valence-corrected chi connectivity index (χ2v) is 11.7. The van der Waals surface area contributed by atoms with Crippen molar-refractivity contribution in [1.82, 2.24) is 5.32 Å². The lowest BCUT2D eigenvalue weighted by atomic mass is 10.0. The molecule has 18 heteroatoms. The zero-order chi connectivity index (χ0) is 36.1. The predicted octanol–water partition coefficient (Wildman–Crippen LogP) is -0.529. The van der Waals surface area contributed by atoms with Gasteiger partial charge in [-0.2, -0.15) is 0 Å². The number of carbonyl (C=O) groups is 6. The number of esters is 4. The van der Waals surface area contributed by atoms with Gasteiger partial charge in [-0.1, -0.05) is 18.2 Å². The third-order valence-electron chi connectivity index (χ3n) is 6.11. The zero-order valence-corrected chi connectivity index (χ0v) is 28.4. The lowest BCUT2D eigenvalue weighted by Crippen LogP contribution is -2.59. The van der Waals surface area contributed by atoms with Crippen LogP contribution in [0, 0.1) is 0 Å². The number of unbranched alkanes of at least 4 members (excludes halogenated alkanes) is 2. The average molecular weight is 700 g/mol. The summed E-state index contributed by atoms with van der Waals surface area (Å²) in [6.07, 6.45) is -11.6. The molecule has 1 amide bonds. The fourth-order valence-corrected chi connectivity index (χ4v) is 4.89. The van der Waals surface area contributed by atoms with Crippen molar-refractivity contribution >= 4 is 46.7 Å². The van der Waals surface area contributed by atoms with Gasteiger partial charge in [0.25, 0.3) is 0 Å². The maximum Gasteiger partial charge on any atom is 0.303 e. The second kappa shape index (κ2) is 24.3. The molecular weight excluding hydrogens is 650 g/mol. The summed E-state index contributed by atoms with van der Waals surface area (Å²) in [6, 6.07) is -1.57. The van der Waals surface area contributed by atoms with Crippen molar-refractivity contribution < 1.29 is 77.6 Å². The summed E-state index contributed by atoms with van der Waals surface area (Å²) in [6.45, 7) is 5.72. The van der Waals surface area contributed by atoms with Gasteiger partial charge in [0.15, 0.2) is 29.9 Å². The number of thioether (sulfide) groups is 1. The first-order chi connectivity index (χ1) is 22.0. The van der Waals surface area contributed by atoms with Crippen molar-refractivity contribution in [2.45, 2.75) is 123 Å². The Morgan fingerprint density at radius 1 is 0.681 bits per heavy atom. The molecule has 8 atom stereocenters. The minimum absolute atomic E-state index is 0.00957. The minimum Gasteiger partial charge on any atom is -0.466 e. The predicted molar refractivity (Wildman–Crippen MR) is 163 cm³/mol. The van der Waals surface area contributed by atoms with E-state index in [1.165, 1.54) is 18.7 Å². The molecule has 0 aromatic carbocycles. The highest BCUT2D eigenvalue weighted by molar-refractivity contribution is 8.13. The Bertz CT molecular complexity index is 997. The third kappa shape index (κ3) is 20.2. The molecule has 272 valence electrons. The molecule has 2 unspecified atom stereocenters. The summed E-state index contributed by atoms with van der Waals surface area (Å²) in [4.78, 5) is 70.6. The first-order valence-electron chi connectivity index (χ1n) is 15.0. The van der Waals surface area contributed by atoms with E-state index in [-0.39, 0.29) is 31.2 Å². The number of hydrogen-bond acceptors (Lipinski definition) is 17. The fourth-order valence-electron chi connectivity index (χ4n) is 4.25. The van der Waals surface area contributed by atoms with Crippen molar-refractivity contribution in [2.75, 3.05) is 25.6 Å². The molecule has 5 N–H and O–H groups in total. The molecule has 0 aliphatic rings. The van der Waals surface area contributed by atoms with E-state index in [0.29, 0.717) is 25.0 Å². The van der Waals surface area contributed by atoms with Crippen LogP contribution in [-0.2, 0) is 57.2 Å². The molecule has 0 saturated carbocycles. The number of ether oxygens (including phenoxy) is 6. The summed E-state index contributed by atoms with van der Waals surface area (Å²) >= 11 is 1.18. The number of amides is 1. The van der Waals surface area contributed by atoms with Gasteiger partial charge < -0.3 is 54.2 Å². The van der Waals surface area contributed by atoms with Gasteiger partial charge in [0.1, 0.15) is 18.2 Å². The van der Waals surface area contributed by atoms with Crippen LogP contribution in [0.2, 0.25) is 0 Å². The summed E-state index contributed by atoms with van der Waals surface area (Å²) in [5, 5.41) is 44.9. The molecular formula is C29H49NO16S. The summed E-state index contributed by atoms with van der Waals surface area (Å²) in [5.41, 5.74) is 0. The zero-order valence-electron chi connectivity index (χ0n) is 27.6. The van der Waals surface area contributed by atoms with Gasteiger partial charge in [-0.3, -0.25) is 28.8 Å². The van der Waals surface area contributed by atoms with Crippen LogP contribution in [0.25, 0.3) is 0 Å². The summed E-state index contributed by atoms with van der Waals surface area (Å²) < 4.78 is 31.8. The molecule has 0 rings (SSSR count). The molecule has 0 aromatic rings. The maximum absolute atomic E-state index is 12.1. The lowest BCUT2D eigenvalue weighted by molar-refractivity contribution is -0.262. The van der Waals surface area contributed by atoms with Crippen molar-refractivity contribution in [3.8, 4) is 0 Å². The van der Waals surface area contributed by atoms with Crippen molar-refractivity contribution in [1.29, 1.82) is 0 Å². The molecule has 0 radical (unpaired) electrons. The molecule has 47 heavy (non-hydrogen) atoms. The van der Waals surface area contributed by atoms with E-state index in [0.717, 1.165) is 34.6 Å². The number of nitrogens with one attached hydrogen (secondary N) is 1. The van der Waals surface area contributed by atoms with E-state index in [1.807, 2.05) is 0 Å². The van der Waals surface area contributed by atoms with Crippen molar-refractivity contribution in [2.24, 2.45) is 0 Å². The Morgan fingerprint density at radius 2 is 1.28 bits per heavy atom. The van der Waals surface area contributed by atoms with Gasteiger partial charge in [0, 0.05) is 66.9 Å². The lowest BCUT2D eigenvalue weighted by Gasteiger charge is -2.38. The molecule has 17 nitrogen and oxygen atoms in total. The normalized spacial score (nSPS) is 16.3. The number of rotatable bonds is 24. The van der Waals surface area contributed by atoms with E-state index in [1.54, 1.807) is 0 Å². The van der Waals surface area contributed by atoms with Crippen LogP contribution in [0.1, 0.15) is 73.6 Å². The van der Waals surface area contributed by atoms with E-state index < -0.39 is 85.5 Å². The van der Waals surface area contributed by atoms with Gasteiger partial charge in [0.2, 0.25) is 5.91 Å². The van der Waals surface area contributed by atoms with Crippen LogP contribution in [0.5, 0.6) is 0 Å². The van der Waals surface area contributed by atoms with Crippen LogP contribution in [0.4, 0.5) is 0 Å². The highest BCUT2D eigenvalue weighted by Gasteiger charge is 2.45. The van der Waals surface area contributed by atoms with Crippen LogP contribution >= 0.6 is 11.8 Å². The van der Waals surface area contributed by atoms with Crippen LogP contribution in [0.15, 0.2) is 0 Å². The van der Waals surface area contributed by atoms with Gasteiger partial charge in [-0.25, -0.2) is 0 Å². The van der Waals surface area contributed by atoms with E-state index in [9.17, 15) is 49.2 Å². The topological polar surface area (TPSA) is 251 Å². The maximum atomic E-state index is 12.1. The monoisotopic (exact) mass is 699 g/mol. The van der Waals surface area contributed by atoms with E-state index in [2.05, 4.69) is 5.32 Å². The Balaban J connectivity index is 6.37. The molecule has 0 aliphatic heterocycles. The number of aliphatic hydroxyl groups excluding tert-OH is 4.